The molecular weight excluding hydrogens is 360 g/mol. The molecule has 0 heterocycles. The first-order valence-electron chi connectivity index (χ1n) is 7.10. The maximum atomic E-state index is 11.9. The van der Waals surface area contributed by atoms with Crippen molar-refractivity contribution in [2.45, 2.75) is 6.92 Å². The first-order chi connectivity index (χ1) is 11.1. The molecule has 0 saturated carbocycles. The average Bonchev–Trinajstić information content (AvgIpc) is 2.53. The van der Waals surface area contributed by atoms with Crippen molar-refractivity contribution in [2.75, 3.05) is 18.5 Å². The number of ether oxygens (including phenoxy) is 1. The Morgan fingerprint density at radius 2 is 2.09 bits per heavy atom. The number of aromatic hydroxyl groups is 1. The minimum atomic E-state index is -0.242. The van der Waals surface area contributed by atoms with E-state index in [2.05, 4.69) is 26.2 Å². The highest BCUT2D eigenvalue weighted by Gasteiger charge is 2.07. The van der Waals surface area contributed by atoms with Gasteiger partial charge in [0.05, 0.1) is 12.3 Å². The summed E-state index contributed by atoms with van der Waals surface area (Å²) in [5.74, 6) is 0.173. The Hall–Kier alpha value is -2.34. The molecule has 0 aliphatic heterocycles. The minimum Gasteiger partial charge on any atom is -0.504 e. The fourth-order valence-electron chi connectivity index (χ4n) is 1.89. The standard InChI is InChI=1S/C17H17BrN2O3/c1-2-23-15-9-5-6-12(17(15)22)10-19-11-16(21)20-14-8-4-3-7-13(14)18/h3-10,22H,2,11H2,1H3,(H,20,21). The quantitative estimate of drug-likeness (QED) is 0.756. The van der Waals surface area contributed by atoms with Crippen molar-refractivity contribution in [2.24, 2.45) is 4.99 Å². The summed E-state index contributed by atoms with van der Waals surface area (Å²) in [6, 6.07) is 12.5. The van der Waals surface area contributed by atoms with Gasteiger partial charge in [-0.1, -0.05) is 18.2 Å². The van der Waals surface area contributed by atoms with E-state index < -0.39 is 0 Å². The van der Waals surface area contributed by atoms with E-state index in [0.29, 0.717) is 23.6 Å². The van der Waals surface area contributed by atoms with E-state index in [-0.39, 0.29) is 18.2 Å². The number of nitrogens with zero attached hydrogens (tertiary/aromatic N) is 1. The lowest BCUT2D eigenvalue weighted by Gasteiger charge is -2.07. The van der Waals surface area contributed by atoms with Crippen LogP contribution in [0.25, 0.3) is 0 Å². The average molecular weight is 377 g/mol. The van der Waals surface area contributed by atoms with Gasteiger partial charge in [-0.25, -0.2) is 0 Å². The van der Waals surface area contributed by atoms with E-state index in [1.807, 2.05) is 25.1 Å². The van der Waals surface area contributed by atoms with Gasteiger partial charge in [0.15, 0.2) is 11.5 Å². The second kappa shape index (κ2) is 8.33. The maximum absolute atomic E-state index is 11.9. The lowest BCUT2D eigenvalue weighted by atomic mass is 10.2. The second-order valence-electron chi connectivity index (χ2n) is 4.62. The number of carbonyl (C=O) groups excluding carboxylic acids is 1. The van der Waals surface area contributed by atoms with Gasteiger partial charge >= 0.3 is 0 Å². The number of amides is 1. The van der Waals surface area contributed by atoms with Crippen LogP contribution in [0.15, 0.2) is 51.9 Å². The summed E-state index contributed by atoms with van der Waals surface area (Å²) in [5.41, 5.74) is 1.19. The summed E-state index contributed by atoms with van der Waals surface area (Å²) in [6.45, 7) is 2.26. The number of phenols is 1. The Labute approximate surface area is 143 Å². The first-order valence-corrected chi connectivity index (χ1v) is 7.90. The monoisotopic (exact) mass is 376 g/mol. The van der Waals surface area contributed by atoms with E-state index in [1.54, 1.807) is 24.3 Å². The molecule has 0 saturated heterocycles. The third-order valence-electron chi connectivity index (χ3n) is 2.94. The predicted molar refractivity (Wildman–Crippen MR) is 94.5 cm³/mol. The molecule has 2 aromatic carbocycles. The van der Waals surface area contributed by atoms with Crippen LogP contribution in [0.5, 0.6) is 11.5 Å². The number of hydrogen-bond donors (Lipinski definition) is 2. The van der Waals surface area contributed by atoms with Crippen LogP contribution in [-0.4, -0.2) is 30.4 Å². The Morgan fingerprint density at radius 1 is 1.30 bits per heavy atom. The van der Waals surface area contributed by atoms with Crippen LogP contribution in [-0.2, 0) is 4.79 Å². The summed E-state index contributed by atoms with van der Waals surface area (Å²) in [5, 5.41) is 12.8. The number of carbonyl (C=O) groups is 1. The Morgan fingerprint density at radius 3 is 2.83 bits per heavy atom. The van der Waals surface area contributed by atoms with Gasteiger partial charge in [0.1, 0.15) is 6.54 Å². The van der Waals surface area contributed by atoms with Crippen molar-refractivity contribution in [1.29, 1.82) is 0 Å². The fraction of sp³-hybridized carbons (Fsp3) is 0.176. The van der Waals surface area contributed by atoms with Crippen molar-refractivity contribution < 1.29 is 14.6 Å². The van der Waals surface area contributed by atoms with Gasteiger partial charge < -0.3 is 15.2 Å². The largest absolute Gasteiger partial charge is 0.504 e. The van der Waals surface area contributed by atoms with Crippen molar-refractivity contribution in [3.8, 4) is 11.5 Å². The van der Waals surface area contributed by atoms with Crippen LogP contribution in [0.1, 0.15) is 12.5 Å². The fourth-order valence-corrected chi connectivity index (χ4v) is 2.28. The topological polar surface area (TPSA) is 70.9 Å². The summed E-state index contributed by atoms with van der Waals surface area (Å²) < 4.78 is 6.11. The van der Waals surface area contributed by atoms with Gasteiger partial charge in [0, 0.05) is 16.3 Å². The molecule has 0 unspecified atom stereocenters. The summed E-state index contributed by atoms with van der Waals surface area (Å²) in [6.07, 6.45) is 1.46. The third kappa shape index (κ3) is 4.82. The molecule has 0 radical (unpaired) electrons. The molecule has 0 atom stereocenters. The zero-order chi connectivity index (χ0) is 16.7. The van der Waals surface area contributed by atoms with Crippen LogP contribution in [0.4, 0.5) is 5.69 Å². The predicted octanol–water partition coefficient (Wildman–Crippen LogP) is 3.61. The van der Waals surface area contributed by atoms with Gasteiger partial charge in [-0.3, -0.25) is 9.79 Å². The molecule has 0 aromatic heterocycles. The molecule has 0 spiro atoms. The number of hydrogen-bond acceptors (Lipinski definition) is 4. The Kier molecular flexibility index (Phi) is 6.17. The molecule has 2 rings (SSSR count). The molecule has 1 amide bonds. The molecule has 5 nitrogen and oxygen atoms in total. The van der Waals surface area contributed by atoms with Crippen molar-refractivity contribution in [1.82, 2.24) is 0 Å². The summed E-state index contributed by atoms with van der Waals surface area (Å²) in [7, 11) is 0. The molecule has 23 heavy (non-hydrogen) atoms. The van der Waals surface area contributed by atoms with E-state index >= 15 is 0 Å². The molecule has 0 fully saturated rings. The molecule has 0 aliphatic carbocycles. The smallest absolute Gasteiger partial charge is 0.246 e. The van der Waals surface area contributed by atoms with Crippen LogP contribution in [0.3, 0.4) is 0 Å². The van der Waals surface area contributed by atoms with Gasteiger partial charge in [0.25, 0.3) is 0 Å². The van der Waals surface area contributed by atoms with Crippen LogP contribution in [0, 0.1) is 0 Å². The van der Waals surface area contributed by atoms with Crippen molar-refractivity contribution in [3.63, 3.8) is 0 Å². The minimum absolute atomic E-state index is 0.0179. The van der Waals surface area contributed by atoms with E-state index in [1.165, 1.54) is 6.21 Å². The van der Waals surface area contributed by atoms with Crippen LogP contribution < -0.4 is 10.1 Å². The van der Waals surface area contributed by atoms with E-state index in [0.717, 1.165) is 4.47 Å². The second-order valence-corrected chi connectivity index (χ2v) is 5.48. The normalized spacial score (nSPS) is 10.7. The van der Waals surface area contributed by atoms with Gasteiger partial charge in [-0.15, -0.1) is 0 Å². The number of rotatable bonds is 6. The first kappa shape index (κ1) is 17.0. The molecule has 2 aromatic rings. The van der Waals surface area contributed by atoms with Crippen LogP contribution >= 0.6 is 15.9 Å². The SMILES string of the molecule is CCOc1cccc(C=NCC(=O)Nc2ccccc2Br)c1O. The zero-order valence-corrected chi connectivity index (χ0v) is 14.2. The highest BCUT2D eigenvalue weighted by molar-refractivity contribution is 9.10. The summed E-state index contributed by atoms with van der Waals surface area (Å²) in [4.78, 5) is 15.9. The Balaban J connectivity index is 1.98. The third-order valence-corrected chi connectivity index (χ3v) is 3.63. The number of phenolic OH excluding ortho intramolecular Hbond substituents is 1. The lowest BCUT2D eigenvalue weighted by Crippen LogP contribution is -2.15. The number of benzene rings is 2. The molecule has 0 bridgehead atoms. The number of halogens is 1. The molecule has 0 aliphatic rings. The van der Waals surface area contributed by atoms with Crippen molar-refractivity contribution in [3.05, 3.63) is 52.5 Å². The maximum Gasteiger partial charge on any atom is 0.246 e. The zero-order valence-electron chi connectivity index (χ0n) is 12.6. The highest BCUT2D eigenvalue weighted by atomic mass is 79.9. The van der Waals surface area contributed by atoms with Crippen molar-refractivity contribution >= 4 is 33.7 Å². The number of anilines is 1. The van der Waals surface area contributed by atoms with Gasteiger partial charge in [-0.05, 0) is 47.1 Å². The molecule has 120 valence electrons. The Bertz CT molecular complexity index is 717. The van der Waals surface area contributed by atoms with Crippen LogP contribution in [0.2, 0.25) is 0 Å². The van der Waals surface area contributed by atoms with E-state index in [4.69, 9.17) is 4.74 Å². The van der Waals surface area contributed by atoms with Gasteiger partial charge in [-0.2, -0.15) is 0 Å². The lowest BCUT2D eigenvalue weighted by molar-refractivity contribution is -0.114. The number of para-hydroxylation sites is 2. The van der Waals surface area contributed by atoms with E-state index in [9.17, 15) is 9.90 Å². The molecule has 6 heteroatoms. The molecule has 2 N–H and O–H groups in total. The number of aliphatic imine (C=N–C) groups is 1. The number of nitrogens with one attached hydrogen (secondary N) is 1. The summed E-state index contributed by atoms with van der Waals surface area (Å²) >= 11 is 3.36. The molecular formula is C17H17BrN2O3. The highest BCUT2D eigenvalue weighted by Crippen LogP contribution is 2.28. The van der Waals surface area contributed by atoms with Gasteiger partial charge in [0.2, 0.25) is 5.91 Å².